The first-order valence-electron chi connectivity index (χ1n) is 12.6. The van der Waals surface area contributed by atoms with Crippen LogP contribution >= 0.6 is 23.2 Å². The Morgan fingerprint density at radius 3 is 2.55 bits per heavy atom. The first kappa shape index (κ1) is 28.1. The van der Waals surface area contributed by atoms with Crippen LogP contribution in [0.25, 0.3) is 0 Å². The summed E-state index contributed by atoms with van der Waals surface area (Å²) >= 11 is 12.6. The van der Waals surface area contributed by atoms with Gasteiger partial charge < -0.3 is 24.3 Å². The summed E-state index contributed by atoms with van der Waals surface area (Å²) in [6.07, 6.45) is 0.860. The van der Waals surface area contributed by atoms with Crippen LogP contribution in [0.15, 0.2) is 60.7 Å². The molecule has 4 rings (SSSR count). The highest BCUT2D eigenvalue weighted by Gasteiger charge is 2.35. The van der Waals surface area contributed by atoms with Crippen LogP contribution < -0.4 is 19.5 Å². The lowest BCUT2D eigenvalue weighted by Crippen LogP contribution is -2.31. The summed E-state index contributed by atoms with van der Waals surface area (Å²) < 4.78 is 22.8. The third-order valence-electron chi connectivity index (χ3n) is 6.92. The molecule has 8 heteroatoms. The maximum atomic E-state index is 12.6. The number of benzene rings is 3. The van der Waals surface area contributed by atoms with E-state index in [9.17, 15) is 4.79 Å². The molecule has 6 nitrogen and oxygen atoms in total. The van der Waals surface area contributed by atoms with Crippen molar-refractivity contribution in [2.24, 2.45) is 11.8 Å². The van der Waals surface area contributed by atoms with Crippen molar-refractivity contribution in [1.82, 2.24) is 0 Å². The number of nitrogens with one attached hydrogen (secondary N) is 1. The normalized spacial score (nSPS) is 19.2. The zero-order chi connectivity index (χ0) is 27.2. The molecule has 1 aliphatic rings. The highest BCUT2D eigenvalue weighted by Crippen LogP contribution is 2.45. The fraction of sp³-hybridized carbons (Fsp3) is 0.367. The van der Waals surface area contributed by atoms with E-state index in [1.165, 1.54) is 7.11 Å². The van der Waals surface area contributed by atoms with E-state index in [0.29, 0.717) is 45.5 Å². The van der Waals surface area contributed by atoms with E-state index in [-0.39, 0.29) is 30.5 Å². The van der Waals surface area contributed by atoms with Crippen LogP contribution in [0.1, 0.15) is 43.4 Å². The minimum atomic E-state index is -0.296. The summed E-state index contributed by atoms with van der Waals surface area (Å²) in [5.41, 5.74) is 2.64. The fourth-order valence-electron chi connectivity index (χ4n) is 4.90. The Morgan fingerprint density at radius 1 is 1.03 bits per heavy atom. The molecule has 0 saturated carbocycles. The van der Waals surface area contributed by atoms with Crippen molar-refractivity contribution < 1.29 is 23.7 Å². The Kier molecular flexibility index (Phi) is 9.42. The van der Waals surface area contributed by atoms with Gasteiger partial charge >= 0.3 is 0 Å². The van der Waals surface area contributed by atoms with Crippen molar-refractivity contribution in [3.63, 3.8) is 0 Å². The summed E-state index contributed by atoms with van der Waals surface area (Å²) in [6, 6.07) is 18.6. The van der Waals surface area contributed by atoms with Gasteiger partial charge in [-0.25, -0.2) is 0 Å². The number of carbonyl (C=O) groups excluding carboxylic acids is 1. The second-order valence-electron chi connectivity index (χ2n) is 9.74. The molecule has 0 aromatic heterocycles. The Bertz CT molecular complexity index is 1270. The predicted molar refractivity (Wildman–Crippen MR) is 151 cm³/mol. The first-order valence-corrected chi connectivity index (χ1v) is 13.4. The van der Waals surface area contributed by atoms with Crippen LogP contribution in [0, 0.1) is 11.8 Å². The van der Waals surface area contributed by atoms with Gasteiger partial charge in [-0.2, -0.15) is 0 Å². The van der Waals surface area contributed by atoms with Crippen molar-refractivity contribution in [2.75, 3.05) is 32.8 Å². The van der Waals surface area contributed by atoms with Crippen molar-refractivity contribution in [1.29, 1.82) is 0 Å². The van der Waals surface area contributed by atoms with Gasteiger partial charge in [-0.3, -0.25) is 4.79 Å². The van der Waals surface area contributed by atoms with Gasteiger partial charge in [-0.05, 0) is 65.8 Å². The summed E-state index contributed by atoms with van der Waals surface area (Å²) in [5.74, 6) is 2.32. The minimum Gasteiger partial charge on any atom is -0.497 e. The van der Waals surface area contributed by atoms with Gasteiger partial charge in [0.25, 0.3) is 5.91 Å². The van der Waals surface area contributed by atoms with Gasteiger partial charge in [0.2, 0.25) is 0 Å². The molecule has 1 N–H and O–H groups in total. The maximum Gasteiger partial charge on any atom is 0.262 e. The van der Waals surface area contributed by atoms with Crippen LogP contribution in [0.3, 0.4) is 0 Å². The van der Waals surface area contributed by atoms with Crippen molar-refractivity contribution in [2.45, 2.75) is 32.3 Å². The van der Waals surface area contributed by atoms with Gasteiger partial charge in [-0.15, -0.1) is 0 Å². The molecule has 202 valence electrons. The predicted octanol–water partition coefficient (Wildman–Crippen LogP) is 7.55. The van der Waals surface area contributed by atoms with Crippen molar-refractivity contribution >= 4 is 34.8 Å². The number of halogens is 2. The molecule has 0 bridgehead atoms. The quantitative estimate of drug-likeness (QED) is 0.294. The molecule has 1 amide bonds. The Hall–Kier alpha value is -2.93. The van der Waals surface area contributed by atoms with Crippen LogP contribution in [0.4, 0.5) is 5.69 Å². The van der Waals surface area contributed by atoms with Crippen LogP contribution in [0.2, 0.25) is 10.0 Å². The molecular formula is C30H33Cl2NO5. The number of hydrogen-bond acceptors (Lipinski definition) is 5. The number of rotatable bonds is 9. The summed E-state index contributed by atoms with van der Waals surface area (Å²) in [7, 11) is 3.11. The maximum absolute atomic E-state index is 12.6. The number of methoxy groups -OCH3 is 2. The molecule has 1 saturated heterocycles. The number of carbonyl (C=O) groups is 1. The van der Waals surface area contributed by atoms with Gasteiger partial charge in [0.1, 0.15) is 17.2 Å². The lowest BCUT2D eigenvalue weighted by molar-refractivity contribution is -0.118. The number of anilines is 1. The molecule has 3 atom stereocenters. The molecule has 38 heavy (non-hydrogen) atoms. The van der Waals surface area contributed by atoms with E-state index in [0.717, 1.165) is 17.5 Å². The SMILES string of the molecule is COc1ccc(NC(=O)COc2cccc([C@@H]3OC[C@@H](c4ccc(Cl)cc4Cl)C[C@H]3C(C)C)c2)c(OC)c1. The van der Waals surface area contributed by atoms with Crippen molar-refractivity contribution in [3.05, 3.63) is 81.8 Å². The number of amides is 1. The van der Waals surface area contributed by atoms with Gasteiger partial charge in [0.15, 0.2) is 6.61 Å². The zero-order valence-corrected chi connectivity index (χ0v) is 23.5. The average molecular weight is 559 g/mol. The van der Waals surface area contributed by atoms with Gasteiger partial charge in [0, 0.05) is 22.0 Å². The molecule has 0 radical (unpaired) electrons. The summed E-state index contributed by atoms with van der Waals surface area (Å²) in [5, 5.41) is 4.12. The molecule has 1 heterocycles. The average Bonchev–Trinajstić information content (AvgIpc) is 2.92. The van der Waals surface area contributed by atoms with Crippen LogP contribution in [0.5, 0.6) is 17.2 Å². The first-order chi connectivity index (χ1) is 18.3. The molecule has 0 spiro atoms. The number of hydrogen-bond donors (Lipinski definition) is 1. The van der Waals surface area contributed by atoms with E-state index in [2.05, 4.69) is 19.2 Å². The molecule has 3 aromatic carbocycles. The highest BCUT2D eigenvalue weighted by molar-refractivity contribution is 6.35. The van der Waals surface area contributed by atoms with E-state index in [1.807, 2.05) is 36.4 Å². The molecule has 1 aliphatic heterocycles. The van der Waals surface area contributed by atoms with E-state index < -0.39 is 0 Å². The Morgan fingerprint density at radius 2 is 1.84 bits per heavy atom. The topological polar surface area (TPSA) is 66.0 Å². The van der Waals surface area contributed by atoms with E-state index in [4.69, 9.17) is 42.1 Å². The monoisotopic (exact) mass is 557 g/mol. The standard InChI is InChI=1S/C30H33Cl2NO5/c1-18(2)25-13-20(24-10-8-21(31)14-26(24)32)16-38-30(25)19-6-5-7-23(12-19)37-17-29(34)33-27-11-9-22(35-3)15-28(27)36-4/h5-12,14-15,18,20,25,30H,13,16-17H2,1-4H3,(H,33,34)/t20-,25-,30-/m0/s1. The second-order valence-corrected chi connectivity index (χ2v) is 10.6. The molecule has 0 aliphatic carbocycles. The molecule has 3 aromatic rings. The third kappa shape index (κ3) is 6.73. The lowest BCUT2D eigenvalue weighted by Gasteiger charge is -2.39. The fourth-order valence-corrected chi connectivity index (χ4v) is 5.46. The number of ether oxygens (including phenoxy) is 4. The Labute approximate surface area is 234 Å². The molecule has 1 fully saturated rings. The summed E-state index contributed by atoms with van der Waals surface area (Å²) in [4.78, 5) is 12.6. The van der Waals surface area contributed by atoms with Crippen LogP contribution in [-0.4, -0.2) is 33.3 Å². The van der Waals surface area contributed by atoms with Crippen molar-refractivity contribution in [3.8, 4) is 17.2 Å². The Balaban J connectivity index is 1.41. The zero-order valence-electron chi connectivity index (χ0n) is 22.0. The van der Waals surface area contributed by atoms with E-state index in [1.54, 1.807) is 31.4 Å². The molecule has 0 unspecified atom stereocenters. The van der Waals surface area contributed by atoms with Gasteiger partial charge in [-0.1, -0.05) is 55.2 Å². The highest BCUT2D eigenvalue weighted by atomic mass is 35.5. The lowest BCUT2D eigenvalue weighted by atomic mass is 9.76. The third-order valence-corrected chi connectivity index (χ3v) is 7.48. The second kappa shape index (κ2) is 12.7. The van der Waals surface area contributed by atoms with Gasteiger partial charge in [0.05, 0.1) is 32.6 Å². The minimum absolute atomic E-state index is 0.0849. The molecular weight excluding hydrogens is 525 g/mol. The van der Waals surface area contributed by atoms with Crippen LogP contribution in [-0.2, 0) is 9.53 Å². The largest absolute Gasteiger partial charge is 0.497 e. The summed E-state index contributed by atoms with van der Waals surface area (Å²) in [6.45, 7) is 4.84. The smallest absolute Gasteiger partial charge is 0.262 e. The van der Waals surface area contributed by atoms with E-state index >= 15 is 0 Å².